The van der Waals surface area contributed by atoms with Gasteiger partial charge in [-0.2, -0.15) is 0 Å². The Labute approximate surface area is 265 Å². The number of carbonyl (C=O) groups excluding carboxylic acids is 1. The molecule has 1 unspecified atom stereocenters. The van der Waals surface area contributed by atoms with Crippen LogP contribution in [0.1, 0.15) is 60.3 Å². The number of benzene rings is 3. The largest absolute Gasteiger partial charge is 0.497 e. The number of rotatable bonds is 14. The third kappa shape index (κ3) is 8.93. The Kier molecular flexibility index (Phi) is 11.8. The maximum Gasteiger partial charge on any atom is 0.342 e. The van der Waals surface area contributed by atoms with Gasteiger partial charge in [-0.15, -0.1) is 0 Å². The summed E-state index contributed by atoms with van der Waals surface area (Å²) < 4.78 is 40.7. The lowest BCUT2D eigenvalue weighted by Crippen LogP contribution is -2.33. The molecule has 4 rings (SSSR count). The average Bonchev–Trinajstić information content (AvgIpc) is 3.36. The molecule has 1 heterocycles. The van der Waals surface area contributed by atoms with Crippen molar-refractivity contribution in [3.8, 4) is 22.6 Å². The fraction of sp³-hybridized carbons (Fsp3) is 0.417. The highest BCUT2D eigenvalue weighted by molar-refractivity contribution is 6.00. The zero-order chi connectivity index (χ0) is 32.6. The molecular weight excluding hydrogens is 576 g/mol. The average molecular weight is 621 g/mol. The van der Waals surface area contributed by atoms with Gasteiger partial charge in [0.15, 0.2) is 12.6 Å². The van der Waals surface area contributed by atoms with E-state index in [0.29, 0.717) is 29.9 Å². The SMILES string of the molecule is COCOc1cc(C)cc(-c2cccc([C@H]3OC(C)(C)O[C@@H]3C(/C=C\C[C@@H](C)O)OCc3ccc(OC)cc3)c2)c1C(=O)OC. The second kappa shape index (κ2) is 15.5. The molecule has 0 aromatic heterocycles. The summed E-state index contributed by atoms with van der Waals surface area (Å²) in [5.74, 6) is -0.273. The van der Waals surface area contributed by atoms with E-state index in [4.69, 9.17) is 33.2 Å². The molecular formula is C36H44O9. The van der Waals surface area contributed by atoms with Crippen LogP contribution in [0, 0.1) is 6.92 Å². The summed E-state index contributed by atoms with van der Waals surface area (Å²) in [5, 5.41) is 9.90. The first-order valence-electron chi connectivity index (χ1n) is 14.9. The predicted molar refractivity (Wildman–Crippen MR) is 170 cm³/mol. The number of carbonyl (C=O) groups is 1. The Bertz CT molecular complexity index is 1450. The van der Waals surface area contributed by atoms with Gasteiger partial charge in [-0.05, 0) is 80.6 Å². The fourth-order valence-corrected chi connectivity index (χ4v) is 5.28. The monoisotopic (exact) mass is 620 g/mol. The van der Waals surface area contributed by atoms with E-state index >= 15 is 0 Å². The fourth-order valence-electron chi connectivity index (χ4n) is 5.28. The Balaban J connectivity index is 1.71. The van der Waals surface area contributed by atoms with Gasteiger partial charge in [0, 0.05) is 12.7 Å². The van der Waals surface area contributed by atoms with Crippen molar-refractivity contribution in [3.05, 3.63) is 95.1 Å². The van der Waals surface area contributed by atoms with Crippen molar-refractivity contribution in [2.24, 2.45) is 0 Å². The van der Waals surface area contributed by atoms with Crippen molar-refractivity contribution in [2.45, 2.75) is 70.9 Å². The summed E-state index contributed by atoms with van der Waals surface area (Å²) in [7, 11) is 4.50. The molecule has 0 radical (unpaired) electrons. The molecule has 9 nitrogen and oxygen atoms in total. The van der Waals surface area contributed by atoms with E-state index in [1.54, 1.807) is 20.1 Å². The third-order valence-corrected chi connectivity index (χ3v) is 7.35. The van der Waals surface area contributed by atoms with Gasteiger partial charge in [-0.25, -0.2) is 4.79 Å². The molecule has 242 valence electrons. The molecule has 0 spiro atoms. The van der Waals surface area contributed by atoms with Crippen molar-refractivity contribution in [3.63, 3.8) is 0 Å². The van der Waals surface area contributed by atoms with Crippen LogP contribution in [0.5, 0.6) is 11.5 Å². The van der Waals surface area contributed by atoms with Crippen molar-refractivity contribution in [1.29, 1.82) is 0 Å². The van der Waals surface area contributed by atoms with E-state index in [1.165, 1.54) is 14.2 Å². The quantitative estimate of drug-likeness (QED) is 0.122. The number of hydrogen-bond donors (Lipinski definition) is 1. The zero-order valence-electron chi connectivity index (χ0n) is 27.1. The molecule has 0 aliphatic carbocycles. The van der Waals surface area contributed by atoms with Gasteiger partial charge in [0.05, 0.1) is 26.9 Å². The molecule has 0 saturated carbocycles. The van der Waals surface area contributed by atoms with E-state index in [2.05, 4.69) is 0 Å². The highest BCUT2D eigenvalue weighted by Gasteiger charge is 2.46. The van der Waals surface area contributed by atoms with Crippen LogP contribution in [0.4, 0.5) is 0 Å². The Morgan fingerprint density at radius 3 is 2.47 bits per heavy atom. The first-order chi connectivity index (χ1) is 21.5. The summed E-state index contributed by atoms with van der Waals surface area (Å²) in [4.78, 5) is 13.0. The number of aliphatic hydroxyl groups excluding tert-OH is 1. The summed E-state index contributed by atoms with van der Waals surface area (Å²) in [6.07, 6.45) is 2.28. The lowest BCUT2D eigenvalue weighted by atomic mass is 9.92. The minimum absolute atomic E-state index is 0.0164. The summed E-state index contributed by atoms with van der Waals surface area (Å²) in [5.41, 5.74) is 4.48. The second-order valence-electron chi connectivity index (χ2n) is 11.5. The highest BCUT2D eigenvalue weighted by Crippen LogP contribution is 2.42. The van der Waals surface area contributed by atoms with Crippen LogP contribution in [0.2, 0.25) is 0 Å². The minimum Gasteiger partial charge on any atom is -0.497 e. The summed E-state index contributed by atoms with van der Waals surface area (Å²) >= 11 is 0. The Hall–Kier alpha value is -3.73. The second-order valence-corrected chi connectivity index (χ2v) is 11.5. The van der Waals surface area contributed by atoms with Gasteiger partial charge in [-0.3, -0.25) is 0 Å². The number of methoxy groups -OCH3 is 3. The number of aryl methyl sites for hydroxylation is 1. The topological polar surface area (TPSA) is 102 Å². The molecule has 9 heteroatoms. The van der Waals surface area contributed by atoms with Crippen molar-refractivity contribution in [1.82, 2.24) is 0 Å². The molecule has 0 bridgehead atoms. The molecule has 3 aromatic carbocycles. The highest BCUT2D eigenvalue weighted by atomic mass is 16.8. The minimum atomic E-state index is -0.896. The van der Waals surface area contributed by atoms with Gasteiger partial charge in [-0.1, -0.05) is 48.6 Å². The lowest BCUT2D eigenvalue weighted by Gasteiger charge is -2.25. The van der Waals surface area contributed by atoms with Crippen molar-refractivity contribution < 1.29 is 43.1 Å². The number of hydrogen-bond acceptors (Lipinski definition) is 9. The standard InChI is InChI=1S/C36H44O9/c1-23-18-29(32(35(38)41-7)31(19-23)43-22-39-5)26-11-9-12-27(20-26)33-34(45-36(3,4)44-33)30(13-8-10-24(2)37)42-21-25-14-16-28(40-6)17-15-25/h8-9,11-20,24,30,33-34,37H,10,21-22H2,1-7H3/b13-8-/t24-,30?,33-,34-/m1/s1. The molecule has 1 aliphatic heterocycles. The Morgan fingerprint density at radius 1 is 1.04 bits per heavy atom. The summed E-state index contributed by atoms with van der Waals surface area (Å²) in [6, 6.07) is 19.2. The van der Waals surface area contributed by atoms with Crippen molar-refractivity contribution >= 4 is 5.97 Å². The van der Waals surface area contributed by atoms with Gasteiger partial charge >= 0.3 is 5.97 Å². The van der Waals surface area contributed by atoms with Crippen LogP contribution in [-0.4, -0.2) is 63.3 Å². The first-order valence-corrected chi connectivity index (χ1v) is 14.9. The number of ether oxygens (including phenoxy) is 7. The van der Waals surface area contributed by atoms with Crippen LogP contribution in [0.25, 0.3) is 11.1 Å². The van der Waals surface area contributed by atoms with Crippen molar-refractivity contribution in [2.75, 3.05) is 28.1 Å². The van der Waals surface area contributed by atoms with E-state index < -0.39 is 36.2 Å². The van der Waals surface area contributed by atoms with E-state index in [0.717, 1.165) is 28.0 Å². The molecule has 1 aliphatic rings. The Morgan fingerprint density at radius 2 is 1.80 bits per heavy atom. The van der Waals surface area contributed by atoms with E-state index in [9.17, 15) is 9.90 Å². The molecule has 4 atom stereocenters. The van der Waals surface area contributed by atoms with Gasteiger partial charge in [0.25, 0.3) is 0 Å². The van der Waals surface area contributed by atoms with Crippen LogP contribution in [0.15, 0.2) is 72.8 Å². The van der Waals surface area contributed by atoms with Crippen LogP contribution in [0.3, 0.4) is 0 Å². The summed E-state index contributed by atoms with van der Waals surface area (Å²) in [6.45, 7) is 7.74. The number of aliphatic hydroxyl groups is 1. The van der Waals surface area contributed by atoms with Crippen LogP contribution >= 0.6 is 0 Å². The third-order valence-electron chi connectivity index (χ3n) is 7.35. The molecule has 0 amide bonds. The lowest BCUT2D eigenvalue weighted by molar-refractivity contribution is -0.156. The molecule has 1 N–H and O–H groups in total. The van der Waals surface area contributed by atoms with Gasteiger partial charge in [0.1, 0.15) is 35.4 Å². The van der Waals surface area contributed by atoms with E-state index in [1.807, 2.05) is 87.5 Å². The van der Waals surface area contributed by atoms with Gasteiger partial charge in [0.2, 0.25) is 0 Å². The smallest absolute Gasteiger partial charge is 0.342 e. The maximum atomic E-state index is 13.0. The molecule has 45 heavy (non-hydrogen) atoms. The van der Waals surface area contributed by atoms with Gasteiger partial charge < -0.3 is 38.3 Å². The molecule has 1 fully saturated rings. The van der Waals surface area contributed by atoms with E-state index in [-0.39, 0.29) is 6.79 Å². The maximum absolute atomic E-state index is 13.0. The van der Waals surface area contributed by atoms with Crippen LogP contribution in [-0.2, 0) is 30.3 Å². The number of esters is 1. The predicted octanol–water partition coefficient (Wildman–Crippen LogP) is 6.55. The zero-order valence-corrected chi connectivity index (χ0v) is 27.1. The first kappa shape index (κ1) is 34.1. The molecule has 1 saturated heterocycles. The molecule has 3 aromatic rings. The normalized spacial score (nSPS) is 18.9. The van der Waals surface area contributed by atoms with Crippen LogP contribution < -0.4 is 9.47 Å².